The summed E-state index contributed by atoms with van der Waals surface area (Å²) in [6.45, 7) is 0. The number of alkyl halides is 8. The van der Waals surface area contributed by atoms with Crippen LogP contribution in [0.5, 0.6) is 0 Å². The van der Waals surface area contributed by atoms with E-state index in [-0.39, 0.29) is 19.7 Å². The highest BCUT2D eigenvalue weighted by atomic mass is 80.0. The third-order valence-electron chi connectivity index (χ3n) is 1.11. The van der Waals surface area contributed by atoms with E-state index in [1.807, 2.05) is 0 Å². The molecule has 2 atom stereocenters. The van der Waals surface area contributed by atoms with Gasteiger partial charge in [-0.1, -0.05) is 127 Å². The van der Waals surface area contributed by atoms with Crippen molar-refractivity contribution in [3.8, 4) is 0 Å². The summed E-state index contributed by atoms with van der Waals surface area (Å²) in [5, 5.41) is -2.10. The van der Waals surface area contributed by atoms with Crippen LogP contribution in [0.3, 0.4) is 0 Å². The van der Waals surface area contributed by atoms with E-state index in [0.717, 1.165) is 0 Å². The second-order valence-corrected chi connectivity index (χ2v) is 26.4. The van der Waals surface area contributed by atoms with Gasteiger partial charge in [-0.2, -0.15) is 16.8 Å². The molecule has 6 nitrogen and oxygen atoms in total. The van der Waals surface area contributed by atoms with E-state index >= 15 is 0 Å². The van der Waals surface area contributed by atoms with E-state index in [1.165, 1.54) is 0 Å². The predicted octanol–water partition coefficient (Wildman–Crippen LogP) is 6.01. The molecule has 0 aliphatic carbocycles. The predicted molar refractivity (Wildman–Crippen MR) is 120 cm³/mol. The Balaban J connectivity index is 4.72. The zero-order valence-electron chi connectivity index (χ0n) is 9.26. The normalized spacial score (nSPS) is 17.3. The van der Waals surface area contributed by atoms with Gasteiger partial charge in [-0.15, -0.1) is 0 Å². The highest BCUT2D eigenvalue weighted by Crippen LogP contribution is 2.46. The minimum atomic E-state index is -4.24. The minimum Gasteiger partial charge on any atom is -0.243 e. The summed E-state index contributed by atoms with van der Waals surface area (Å²) in [5.41, 5.74) is 0. The quantitative estimate of drug-likeness (QED) is 0.227. The zero-order valence-corrected chi connectivity index (χ0v) is 25.2. The van der Waals surface area contributed by atoms with E-state index in [4.69, 9.17) is 8.37 Å². The van der Waals surface area contributed by atoms with Gasteiger partial charge in [-0.3, -0.25) is 0 Å². The molecular formula is C4H2Br8O6S4. The van der Waals surface area contributed by atoms with Gasteiger partial charge < -0.3 is 0 Å². The third kappa shape index (κ3) is 11.9. The maximum absolute atomic E-state index is 11.7. The molecule has 134 valence electrons. The maximum atomic E-state index is 11.7. The molecule has 0 saturated heterocycles. The topological polar surface area (TPSA) is 86.7 Å². The van der Waals surface area contributed by atoms with Crippen molar-refractivity contribution < 1.29 is 25.2 Å². The van der Waals surface area contributed by atoms with Gasteiger partial charge >= 0.3 is 18.3 Å². The monoisotopic (exact) mass is 905 g/mol. The molecule has 0 bridgehead atoms. The lowest BCUT2D eigenvalue weighted by Gasteiger charge is -2.20. The lowest BCUT2D eigenvalue weighted by molar-refractivity contribution is 0.320. The van der Waals surface area contributed by atoms with Gasteiger partial charge in [0.15, 0.2) is 14.3 Å². The Bertz CT molecular complexity index is 512. The van der Waals surface area contributed by atoms with E-state index in [0.29, 0.717) is 0 Å². The van der Waals surface area contributed by atoms with Gasteiger partial charge in [0.2, 0.25) is 0 Å². The number of halogens is 8. The van der Waals surface area contributed by atoms with E-state index in [9.17, 15) is 16.8 Å². The Kier molecular flexibility index (Phi) is 12.3. The van der Waals surface area contributed by atoms with Crippen LogP contribution in [0.15, 0.2) is 0 Å². The summed E-state index contributed by atoms with van der Waals surface area (Å²) in [5.74, 6) is 0. The van der Waals surface area contributed by atoms with Crippen molar-refractivity contribution in [2.45, 2.75) is 14.3 Å². The number of rotatable bonds is 7. The first kappa shape index (κ1) is 26.4. The minimum absolute atomic E-state index is 0.0228. The molecule has 0 saturated carbocycles. The fourth-order valence-corrected chi connectivity index (χ4v) is 11.0. The van der Waals surface area contributed by atoms with Crippen LogP contribution in [-0.4, -0.2) is 31.1 Å². The highest BCUT2D eigenvalue weighted by Gasteiger charge is 2.37. The Hall–Kier alpha value is 4.36. The highest BCUT2D eigenvalue weighted by molar-refractivity contribution is 9.40. The molecule has 0 spiro atoms. The van der Waals surface area contributed by atoms with Crippen LogP contribution in [-0.2, 0) is 26.7 Å². The van der Waals surface area contributed by atoms with Crippen LogP contribution < -0.4 is 0 Å². The molecule has 0 amide bonds. The first-order valence-electron chi connectivity index (χ1n) is 4.12. The van der Waals surface area contributed by atoms with E-state index in [2.05, 4.69) is 127 Å². The SMILES string of the molecule is O=S(=O)(OC(Br)C(Br)(Br)Br)SSS(=O)(=O)OC(Br)C(Br)(Br)Br. The molecule has 0 heterocycles. The second-order valence-electron chi connectivity index (χ2n) is 2.86. The standard InChI is InChI=1S/C4H2Br8O6S4/c5-1(3(7,8)9)17-21(13,14)19-20-22(15,16)18-2(6)4(10,11)12/h1-2H. The lowest BCUT2D eigenvalue weighted by Crippen LogP contribution is -2.23. The van der Waals surface area contributed by atoms with Crippen LogP contribution in [0, 0.1) is 0 Å². The molecule has 18 heteroatoms. The van der Waals surface area contributed by atoms with Crippen LogP contribution in [0.2, 0.25) is 0 Å². The van der Waals surface area contributed by atoms with Crippen molar-refractivity contribution in [1.82, 2.24) is 0 Å². The summed E-state index contributed by atoms with van der Waals surface area (Å²) < 4.78 is 54.0. The van der Waals surface area contributed by atoms with Crippen molar-refractivity contribution >= 4 is 165 Å². The molecule has 0 fully saturated rings. The Morgan fingerprint density at radius 1 is 0.682 bits per heavy atom. The maximum Gasteiger partial charge on any atom is 0.334 e. The Morgan fingerprint density at radius 3 is 1.09 bits per heavy atom. The third-order valence-corrected chi connectivity index (χ3v) is 17.4. The lowest BCUT2D eigenvalue weighted by atomic mass is 10.9. The van der Waals surface area contributed by atoms with Gasteiger partial charge in [0.1, 0.15) is 0 Å². The average molecular weight is 914 g/mol. The van der Waals surface area contributed by atoms with Crippen molar-refractivity contribution in [3.63, 3.8) is 0 Å². The van der Waals surface area contributed by atoms with Gasteiger partial charge in [0, 0.05) is 0 Å². The fraction of sp³-hybridized carbons (Fsp3) is 1.00. The van der Waals surface area contributed by atoms with Crippen molar-refractivity contribution in [3.05, 3.63) is 0 Å². The van der Waals surface area contributed by atoms with Crippen LogP contribution in [0.1, 0.15) is 0 Å². The first-order chi connectivity index (χ1) is 9.46. The summed E-state index contributed by atoms with van der Waals surface area (Å²) in [4.78, 5) is 0. The van der Waals surface area contributed by atoms with Crippen LogP contribution in [0.25, 0.3) is 0 Å². The summed E-state index contributed by atoms with van der Waals surface area (Å²) in [6, 6.07) is 0. The van der Waals surface area contributed by atoms with Crippen molar-refractivity contribution in [1.29, 1.82) is 0 Å². The molecule has 0 aromatic carbocycles. The molecular weight excluding hydrogens is 912 g/mol. The summed E-state index contributed by atoms with van der Waals surface area (Å²) in [6.07, 6.45) is 0. The van der Waals surface area contributed by atoms with Gasteiger partial charge in [0.05, 0.1) is 19.7 Å². The summed E-state index contributed by atoms with van der Waals surface area (Å²) >= 11 is 24.2. The largest absolute Gasteiger partial charge is 0.334 e. The Morgan fingerprint density at radius 2 is 0.909 bits per heavy atom. The van der Waals surface area contributed by atoms with Crippen LogP contribution in [0.4, 0.5) is 0 Å². The molecule has 0 radical (unpaired) electrons. The second kappa shape index (κ2) is 10.2. The number of hydrogen-bond acceptors (Lipinski definition) is 8. The molecule has 0 aromatic heterocycles. The molecule has 0 N–H and O–H groups in total. The molecule has 0 aromatic rings. The molecule has 2 unspecified atom stereocenters. The van der Waals surface area contributed by atoms with Crippen molar-refractivity contribution in [2.75, 3.05) is 0 Å². The fourth-order valence-electron chi connectivity index (χ4n) is 0.416. The van der Waals surface area contributed by atoms with Gasteiger partial charge in [-0.05, 0) is 0 Å². The van der Waals surface area contributed by atoms with E-state index in [1.54, 1.807) is 0 Å². The molecule has 22 heavy (non-hydrogen) atoms. The Labute approximate surface area is 201 Å². The van der Waals surface area contributed by atoms with Gasteiger partial charge in [0.25, 0.3) is 0 Å². The summed E-state index contributed by atoms with van der Waals surface area (Å²) in [7, 11) is -8.52. The molecule has 0 aliphatic rings. The number of hydrogen-bond donors (Lipinski definition) is 0. The molecule has 0 aliphatic heterocycles. The zero-order chi connectivity index (χ0) is 18.0. The average Bonchev–Trinajstić information content (AvgIpc) is 2.23. The van der Waals surface area contributed by atoms with E-state index < -0.39 is 32.6 Å². The first-order valence-corrected chi connectivity index (χ1v) is 16.7. The van der Waals surface area contributed by atoms with Gasteiger partial charge in [-0.25, -0.2) is 8.37 Å². The smallest absolute Gasteiger partial charge is 0.243 e. The van der Waals surface area contributed by atoms with Crippen LogP contribution >= 0.6 is 147 Å². The van der Waals surface area contributed by atoms with Crippen molar-refractivity contribution in [2.24, 2.45) is 0 Å². The molecule has 0 rings (SSSR count).